The predicted octanol–water partition coefficient (Wildman–Crippen LogP) is 2.32. The third-order valence-corrected chi connectivity index (χ3v) is 6.77. The maximum absolute atomic E-state index is 13.2. The van der Waals surface area contributed by atoms with Gasteiger partial charge in [-0.1, -0.05) is 20.8 Å². The minimum atomic E-state index is -1.51. The summed E-state index contributed by atoms with van der Waals surface area (Å²) in [4.78, 5) is 29.8. The lowest BCUT2D eigenvalue weighted by molar-refractivity contribution is -0.188. The Bertz CT molecular complexity index is 1260. The Balaban J connectivity index is 1.92. The SMILES string of the molecule is CC(C)[C@H](NC(=O)OC(C)(C)C)C(=O)Nc1ncnn2c([C@]3(C#N)O[C@H](CO)[C@@H](COC(C)(C)O)[C@H]3C)ccc12. The van der Waals surface area contributed by atoms with Crippen LogP contribution in [0.4, 0.5) is 10.6 Å². The molecule has 0 aliphatic carbocycles. The summed E-state index contributed by atoms with van der Waals surface area (Å²) in [6.45, 7) is 13.3. The number of aliphatic hydroxyl groups excluding tert-OH is 1. The molecular formula is C27H40N6O7. The Morgan fingerprint density at radius 3 is 2.50 bits per heavy atom. The number of hydrogen-bond acceptors (Lipinski definition) is 10. The van der Waals surface area contributed by atoms with Gasteiger partial charge in [-0.2, -0.15) is 10.4 Å². The number of aromatic nitrogens is 3. The lowest BCUT2D eigenvalue weighted by Gasteiger charge is -2.27. The predicted molar refractivity (Wildman–Crippen MR) is 144 cm³/mol. The summed E-state index contributed by atoms with van der Waals surface area (Å²) in [5, 5.41) is 40.1. The highest BCUT2D eigenvalue weighted by Gasteiger charge is 2.56. The van der Waals surface area contributed by atoms with Crippen molar-refractivity contribution in [1.29, 1.82) is 5.26 Å². The van der Waals surface area contributed by atoms with E-state index in [2.05, 4.69) is 26.8 Å². The molecular weight excluding hydrogens is 520 g/mol. The molecule has 0 unspecified atom stereocenters. The number of ether oxygens (including phenoxy) is 3. The Morgan fingerprint density at radius 2 is 1.95 bits per heavy atom. The molecule has 220 valence electrons. The van der Waals surface area contributed by atoms with Gasteiger partial charge in [0, 0.05) is 11.8 Å². The highest BCUT2D eigenvalue weighted by Crippen LogP contribution is 2.47. The largest absolute Gasteiger partial charge is 0.444 e. The molecule has 0 saturated carbocycles. The lowest BCUT2D eigenvalue weighted by Crippen LogP contribution is -2.48. The maximum Gasteiger partial charge on any atom is 0.408 e. The van der Waals surface area contributed by atoms with E-state index < -0.39 is 53.0 Å². The Hall–Kier alpha value is -3.31. The van der Waals surface area contributed by atoms with E-state index in [0.717, 1.165) is 0 Å². The molecule has 40 heavy (non-hydrogen) atoms. The van der Waals surface area contributed by atoms with Crippen molar-refractivity contribution in [3.63, 3.8) is 0 Å². The lowest BCUT2D eigenvalue weighted by atomic mass is 9.80. The van der Waals surface area contributed by atoms with E-state index in [9.17, 15) is 25.1 Å². The topological polar surface area (TPSA) is 180 Å². The molecule has 1 aliphatic rings. The number of fused-ring (bicyclic) bond motifs is 1. The van der Waals surface area contributed by atoms with Crippen LogP contribution in [0.25, 0.3) is 5.52 Å². The van der Waals surface area contributed by atoms with Crippen molar-refractivity contribution in [2.45, 2.75) is 84.5 Å². The van der Waals surface area contributed by atoms with E-state index in [1.54, 1.807) is 46.8 Å². The minimum Gasteiger partial charge on any atom is -0.444 e. The molecule has 2 aromatic rings. The zero-order valence-corrected chi connectivity index (χ0v) is 24.3. The van der Waals surface area contributed by atoms with Crippen molar-refractivity contribution in [1.82, 2.24) is 19.9 Å². The van der Waals surface area contributed by atoms with Gasteiger partial charge >= 0.3 is 6.09 Å². The number of hydrogen-bond donors (Lipinski definition) is 4. The number of nitrogens with one attached hydrogen (secondary N) is 2. The molecule has 0 bridgehead atoms. The van der Waals surface area contributed by atoms with Crippen LogP contribution in [-0.2, 0) is 24.6 Å². The number of alkyl carbamates (subject to hydrolysis) is 1. The molecule has 2 aromatic heterocycles. The van der Waals surface area contributed by atoms with E-state index in [4.69, 9.17) is 14.2 Å². The first kappa shape index (κ1) is 31.2. The number of rotatable bonds is 9. The van der Waals surface area contributed by atoms with Crippen molar-refractivity contribution >= 4 is 23.3 Å². The van der Waals surface area contributed by atoms with Gasteiger partial charge in [-0.05, 0) is 52.7 Å². The summed E-state index contributed by atoms with van der Waals surface area (Å²) < 4.78 is 18.5. The van der Waals surface area contributed by atoms with Gasteiger partial charge in [0.15, 0.2) is 17.2 Å². The van der Waals surface area contributed by atoms with Crippen molar-refractivity contribution < 1.29 is 34.0 Å². The van der Waals surface area contributed by atoms with Crippen LogP contribution in [0.5, 0.6) is 0 Å². The molecule has 13 nitrogen and oxygen atoms in total. The quantitative estimate of drug-likeness (QED) is 0.332. The van der Waals surface area contributed by atoms with E-state index in [-0.39, 0.29) is 24.9 Å². The summed E-state index contributed by atoms with van der Waals surface area (Å²) in [7, 11) is 0. The second kappa shape index (κ2) is 11.7. The number of nitrogens with zero attached hydrogens (tertiary/aromatic N) is 4. The van der Waals surface area contributed by atoms with E-state index >= 15 is 0 Å². The van der Waals surface area contributed by atoms with Gasteiger partial charge in [0.05, 0.1) is 25.0 Å². The first-order valence-electron chi connectivity index (χ1n) is 13.2. The van der Waals surface area contributed by atoms with Crippen molar-refractivity contribution in [3.05, 3.63) is 24.2 Å². The Kier molecular flexibility index (Phi) is 9.10. The highest BCUT2D eigenvalue weighted by molar-refractivity contribution is 5.98. The van der Waals surface area contributed by atoms with Crippen molar-refractivity contribution in [3.8, 4) is 6.07 Å². The number of amides is 2. The van der Waals surface area contributed by atoms with Crippen LogP contribution in [0.2, 0.25) is 0 Å². The second-order valence-corrected chi connectivity index (χ2v) is 11.9. The standard InChI is InChI=1S/C27H40N6O7/c1-15(2)21(31-24(36)40-25(4,5)6)23(35)32-22-18-9-10-20(33(18)30-14-29-22)27(13-28)16(3)17(19(11-34)39-27)12-38-26(7,8)37/h9-10,14-17,19,21,34,37H,11-12H2,1-8H3,(H,31,36)(H,29,30,32,35)/t16-,17+,19-,21+,27-/m1/s1. The Labute approximate surface area is 233 Å². The average molecular weight is 561 g/mol. The summed E-state index contributed by atoms with van der Waals surface area (Å²) >= 11 is 0. The zero-order valence-electron chi connectivity index (χ0n) is 24.3. The fraction of sp³-hybridized carbons (Fsp3) is 0.667. The average Bonchev–Trinajstić information content (AvgIpc) is 3.39. The van der Waals surface area contributed by atoms with Gasteiger partial charge in [0.2, 0.25) is 5.91 Å². The number of aliphatic hydroxyl groups is 2. The van der Waals surface area contributed by atoms with E-state index in [1.807, 2.05) is 6.92 Å². The molecule has 0 radical (unpaired) electrons. The molecule has 3 heterocycles. The number of carbonyl (C=O) groups excluding carboxylic acids is 2. The van der Waals surface area contributed by atoms with E-state index in [0.29, 0.717) is 11.2 Å². The van der Waals surface area contributed by atoms with Gasteiger partial charge in [-0.3, -0.25) is 4.79 Å². The number of carbonyl (C=O) groups is 2. The monoisotopic (exact) mass is 560 g/mol. The van der Waals surface area contributed by atoms with Crippen LogP contribution in [0.15, 0.2) is 18.5 Å². The highest BCUT2D eigenvalue weighted by atomic mass is 16.6. The summed E-state index contributed by atoms with van der Waals surface area (Å²) in [5.41, 5.74) is -1.46. The molecule has 1 aliphatic heterocycles. The van der Waals surface area contributed by atoms with Crippen LogP contribution in [-0.4, -0.2) is 73.6 Å². The van der Waals surface area contributed by atoms with Crippen molar-refractivity contribution in [2.75, 3.05) is 18.5 Å². The first-order valence-corrected chi connectivity index (χ1v) is 13.2. The number of nitriles is 1. The van der Waals surface area contributed by atoms with E-state index in [1.165, 1.54) is 24.7 Å². The van der Waals surface area contributed by atoms with Crippen LogP contribution in [0, 0.1) is 29.1 Å². The maximum atomic E-state index is 13.2. The van der Waals surface area contributed by atoms with Crippen LogP contribution >= 0.6 is 0 Å². The zero-order chi connectivity index (χ0) is 30.0. The normalized spacial score (nSPS) is 24.1. The molecule has 4 N–H and O–H groups in total. The summed E-state index contributed by atoms with van der Waals surface area (Å²) in [6, 6.07) is 4.66. The van der Waals surface area contributed by atoms with Crippen LogP contribution in [0.1, 0.15) is 61.1 Å². The third kappa shape index (κ3) is 6.69. The molecule has 0 spiro atoms. The van der Waals surface area contributed by atoms with Gasteiger partial charge in [-0.25, -0.2) is 14.3 Å². The first-order chi connectivity index (χ1) is 18.5. The summed E-state index contributed by atoms with van der Waals surface area (Å²) in [5.74, 6) is -2.87. The fourth-order valence-corrected chi connectivity index (χ4v) is 4.74. The van der Waals surface area contributed by atoms with Gasteiger partial charge in [-0.15, -0.1) is 0 Å². The molecule has 1 fully saturated rings. The van der Waals surface area contributed by atoms with Crippen LogP contribution in [0.3, 0.4) is 0 Å². The minimum absolute atomic E-state index is 0.0557. The smallest absolute Gasteiger partial charge is 0.408 e. The van der Waals surface area contributed by atoms with Gasteiger partial charge < -0.3 is 35.1 Å². The van der Waals surface area contributed by atoms with Crippen LogP contribution < -0.4 is 10.6 Å². The molecule has 13 heteroatoms. The molecule has 0 aromatic carbocycles. The van der Waals surface area contributed by atoms with Crippen molar-refractivity contribution in [2.24, 2.45) is 17.8 Å². The molecule has 2 amide bonds. The second-order valence-electron chi connectivity index (χ2n) is 11.9. The Morgan fingerprint density at radius 1 is 1.27 bits per heavy atom. The van der Waals surface area contributed by atoms with Gasteiger partial charge in [0.25, 0.3) is 0 Å². The van der Waals surface area contributed by atoms with Gasteiger partial charge in [0.1, 0.15) is 29.6 Å². The third-order valence-electron chi connectivity index (χ3n) is 6.77. The molecule has 5 atom stereocenters. The summed E-state index contributed by atoms with van der Waals surface area (Å²) in [6.07, 6.45) is -0.209. The molecule has 3 rings (SSSR count). The molecule has 1 saturated heterocycles. The fourth-order valence-electron chi connectivity index (χ4n) is 4.74. The number of anilines is 1.